The molecule has 2 N–H and O–H groups in total. The molecule has 7 nitrogen and oxygen atoms in total. The van der Waals surface area contributed by atoms with Gasteiger partial charge in [-0.1, -0.05) is 53.5 Å². The summed E-state index contributed by atoms with van der Waals surface area (Å²) in [7, 11) is 0. The molecule has 2 heterocycles. The quantitative estimate of drug-likeness (QED) is 0.714. The summed E-state index contributed by atoms with van der Waals surface area (Å²) in [6, 6.07) is 14.3. The van der Waals surface area contributed by atoms with Crippen LogP contribution >= 0.6 is 23.2 Å². The van der Waals surface area contributed by atoms with E-state index >= 15 is 0 Å². The molecule has 1 aromatic heterocycles. The molecule has 0 saturated heterocycles. The van der Waals surface area contributed by atoms with E-state index in [1.165, 1.54) is 0 Å². The van der Waals surface area contributed by atoms with E-state index in [0.717, 1.165) is 13.9 Å². The van der Waals surface area contributed by atoms with Gasteiger partial charge in [-0.3, -0.25) is 0 Å². The lowest BCUT2D eigenvalue weighted by atomic mass is 10.0. The highest BCUT2D eigenvalue weighted by Gasteiger charge is 2.38. The van der Waals surface area contributed by atoms with Crippen LogP contribution in [0.15, 0.2) is 63.7 Å². The first-order chi connectivity index (χ1) is 13.0. The largest absolute Gasteiger partial charge is 0.383 e. The zero-order chi connectivity index (χ0) is 19.3. The second-order valence-electron chi connectivity index (χ2n) is 5.85. The summed E-state index contributed by atoms with van der Waals surface area (Å²) in [5, 5.41) is 10.0. The zero-order valence-corrected chi connectivity index (χ0v) is 15.1. The van der Waals surface area contributed by atoms with Gasteiger partial charge < -0.3 is 5.73 Å². The van der Waals surface area contributed by atoms with Crippen molar-refractivity contribution in [3.8, 4) is 11.8 Å². The lowest BCUT2D eigenvalue weighted by Crippen LogP contribution is -2.30. The Morgan fingerprint density at radius 1 is 1.00 bits per heavy atom. The zero-order valence-electron chi connectivity index (χ0n) is 13.6. The number of hydrogen-bond acceptors (Lipinski definition) is 4. The first-order valence-electron chi connectivity index (χ1n) is 7.83. The molecule has 3 aromatic rings. The molecule has 0 radical (unpaired) electrons. The lowest BCUT2D eigenvalue weighted by molar-refractivity contribution is 0.554. The molecule has 134 valence electrons. The van der Waals surface area contributed by atoms with Gasteiger partial charge in [0.25, 0.3) is 0 Å². The summed E-state index contributed by atoms with van der Waals surface area (Å²) in [4.78, 5) is 26.0. The van der Waals surface area contributed by atoms with Crippen molar-refractivity contribution in [2.75, 3.05) is 0 Å². The van der Waals surface area contributed by atoms with Crippen LogP contribution in [0.1, 0.15) is 11.6 Å². The molecule has 4 rings (SSSR count). The number of nitrogens with zero attached hydrogens (tertiary/aromatic N) is 4. The molecule has 0 saturated carbocycles. The third-order valence-corrected chi connectivity index (χ3v) is 5.24. The van der Waals surface area contributed by atoms with Crippen molar-refractivity contribution in [1.82, 2.24) is 13.9 Å². The van der Waals surface area contributed by atoms with E-state index in [4.69, 9.17) is 28.9 Å². The molecule has 1 aliphatic rings. The Bertz CT molecular complexity index is 1260. The fourth-order valence-corrected chi connectivity index (χ4v) is 3.62. The third kappa shape index (κ3) is 2.35. The van der Waals surface area contributed by atoms with E-state index in [9.17, 15) is 14.9 Å². The van der Waals surface area contributed by atoms with Crippen molar-refractivity contribution in [3.63, 3.8) is 0 Å². The third-order valence-electron chi connectivity index (χ3n) is 4.41. The number of nitriles is 1. The van der Waals surface area contributed by atoms with Crippen LogP contribution in [0.25, 0.3) is 11.5 Å². The molecule has 2 aromatic carbocycles. The summed E-state index contributed by atoms with van der Waals surface area (Å²) < 4.78 is 3.11. The second kappa shape index (κ2) is 6.20. The van der Waals surface area contributed by atoms with Crippen molar-refractivity contribution in [2.24, 2.45) is 5.73 Å². The van der Waals surface area contributed by atoms with Crippen LogP contribution in [0.3, 0.4) is 0 Å². The molecule has 9 heteroatoms. The van der Waals surface area contributed by atoms with Gasteiger partial charge in [-0.05, 0) is 18.2 Å². The number of halogens is 2. The molecule has 0 aliphatic carbocycles. The van der Waals surface area contributed by atoms with E-state index < -0.39 is 17.4 Å². The van der Waals surface area contributed by atoms with E-state index in [0.29, 0.717) is 11.3 Å². The van der Waals surface area contributed by atoms with Gasteiger partial charge in [0, 0.05) is 5.56 Å². The van der Waals surface area contributed by atoms with Gasteiger partial charge in [-0.25, -0.2) is 18.8 Å². The lowest BCUT2D eigenvalue weighted by Gasteiger charge is -2.15. The number of benzene rings is 2. The molecule has 1 aliphatic heterocycles. The molecular formula is C18H11Cl2N5O2. The molecule has 0 spiro atoms. The predicted molar refractivity (Wildman–Crippen MR) is 102 cm³/mol. The molecule has 0 fully saturated rings. The van der Waals surface area contributed by atoms with Gasteiger partial charge in [0.1, 0.15) is 23.5 Å². The summed E-state index contributed by atoms with van der Waals surface area (Å²) in [6.45, 7) is 0. The van der Waals surface area contributed by atoms with E-state index in [2.05, 4.69) is 0 Å². The number of fused-ring (bicyclic) bond motifs is 1. The van der Waals surface area contributed by atoms with Gasteiger partial charge in [0.2, 0.25) is 0 Å². The van der Waals surface area contributed by atoms with Gasteiger partial charge in [-0.2, -0.15) is 9.94 Å². The highest BCUT2D eigenvalue weighted by atomic mass is 35.5. The van der Waals surface area contributed by atoms with E-state index in [-0.39, 0.29) is 21.4 Å². The monoisotopic (exact) mass is 399 g/mol. The SMILES string of the molecule is N#CC1=C(N)n2c(=O)n(-c3ccccc3)c(=O)n2C1c1cccc(Cl)c1Cl. The van der Waals surface area contributed by atoms with Crippen LogP contribution in [-0.4, -0.2) is 13.9 Å². The highest BCUT2D eigenvalue weighted by molar-refractivity contribution is 6.42. The standard InChI is InChI=1S/C18H11Cl2N5O2/c19-13-8-4-7-11(14(13)20)15-12(9-21)16(22)25-18(27)23(17(26)24(15)25)10-5-2-1-3-6-10/h1-8,15H,22H2. The van der Waals surface area contributed by atoms with Gasteiger partial charge in [0.15, 0.2) is 0 Å². The first-order valence-corrected chi connectivity index (χ1v) is 8.59. The smallest absolute Gasteiger partial charge is 0.358 e. The summed E-state index contributed by atoms with van der Waals surface area (Å²) in [5.41, 5.74) is 5.59. The molecule has 0 bridgehead atoms. The Balaban J connectivity index is 2.08. The van der Waals surface area contributed by atoms with Crippen molar-refractivity contribution in [2.45, 2.75) is 6.04 Å². The Kier molecular flexibility index (Phi) is 3.95. The number of rotatable bonds is 2. The molecule has 1 atom stereocenters. The molecule has 1 unspecified atom stereocenters. The molecule has 27 heavy (non-hydrogen) atoms. The Labute approximate surface area is 162 Å². The number of hydrogen-bond donors (Lipinski definition) is 1. The summed E-state index contributed by atoms with van der Waals surface area (Å²) in [5.74, 6) is -0.115. The van der Waals surface area contributed by atoms with Crippen LogP contribution in [0.4, 0.5) is 0 Å². The van der Waals surface area contributed by atoms with Crippen LogP contribution in [0.5, 0.6) is 0 Å². The predicted octanol–water partition coefficient (Wildman–Crippen LogP) is 2.36. The van der Waals surface area contributed by atoms with Crippen LogP contribution < -0.4 is 17.1 Å². The van der Waals surface area contributed by atoms with Gasteiger partial charge in [0.05, 0.1) is 15.7 Å². The average molecular weight is 400 g/mol. The van der Waals surface area contributed by atoms with E-state index in [1.807, 2.05) is 6.07 Å². The van der Waals surface area contributed by atoms with E-state index in [1.54, 1.807) is 48.5 Å². The number of aromatic nitrogens is 3. The van der Waals surface area contributed by atoms with Crippen molar-refractivity contribution in [1.29, 1.82) is 5.26 Å². The van der Waals surface area contributed by atoms with Crippen molar-refractivity contribution >= 4 is 29.0 Å². The van der Waals surface area contributed by atoms with Crippen LogP contribution in [-0.2, 0) is 0 Å². The maximum atomic E-state index is 13.1. The first kappa shape index (κ1) is 17.2. The minimum absolute atomic E-state index is 0.0496. The topological polar surface area (TPSA) is 98.7 Å². The summed E-state index contributed by atoms with van der Waals surface area (Å²) >= 11 is 12.4. The van der Waals surface area contributed by atoms with Crippen LogP contribution in [0, 0.1) is 11.3 Å². The normalized spacial score (nSPS) is 15.7. The molecule has 0 amide bonds. The second-order valence-corrected chi connectivity index (χ2v) is 6.63. The minimum atomic E-state index is -0.952. The number of nitrogens with two attached hydrogens (primary N) is 1. The Morgan fingerprint density at radius 3 is 2.37 bits per heavy atom. The maximum Gasteiger partial charge on any atom is 0.358 e. The minimum Gasteiger partial charge on any atom is -0.383 e. The Hall–Kier alpha value is -3.21. The van der Waals surface area contributed by atoms with Crippen molar-refractivity contribution in [3.05, 3.63) is 90.7 Å². The number of allylic oxidation sites excluding steroid dienone is 1. The van der Waals surface area contributed by atoms with Crippen molar-refractivity contribution < 1.29 is 0 Å². The number of para-hydroxylation sites is 1. The van der Waals surface area contributed by atoms with Crippen LogP contribution in [0.2, 0.25) is 10.0 Å². The molecular weight excluding hydrogens is 389 g/mol. The summed E-state index contributed by atoms with van der Waals surface area (Å²) in [6.07, 6.45) is 0. The van der Waals surface area contributed by atoms with Gasteiger partial charge in [-0.15, -0.1) is 0 Å². The van der Waals surface area contributed by atoms with Gasteiger partial charge >= 0.3 is 11.4 Å². The highest BCUT2D eigenvalue weighted by Crippen LogP contribution is 2.38. The fourth-order valence-electron chi connectivity index (χ4n) is 3.21. The Morgan fingerprint density at radius 2 is 1.70 bits per heavy atom. The fraction of sp³-hybridized carbons (Fsp3) is 0.0556. The average Bonchev–Trinajstić information content (AvgIpc) is 3.10. The maximum absolute atomic E-state index is 13.1.